The van der Waals surface area contributed by atoms with Gasteiger partial charge in [0.25, 0.3) is 11.6 Å². The first-order valence-electron chi connectivity index (χ1n) is 5.46. The summed E-state index contributed by atoms with van der Waals surface area (Å²) in [4.78, 5) is 34.2. The second kappa shape index (κ2) is 4.52. The number of carbonyl (C=O) groups excluding carboxylic acids is 2. The molecule has 1 heterocycles. The molecule has 0 aliphatic carbocycles. The van der Waals surface area contributed by atoms with E-state index in [-0.39, 0.29) is 11.4 Å². The molecule has 7 heteroatoms. The van der Waals surface area contributed by atoms with Crippen molar-refractivity contribution in [3.8, 4) is 0 Å². The Morgan fingerprint density at radius 2 is 2.05 bits per heavy atom. The van der Waals surface area contributed by atoms with Crippen LogP contribution in [0.5, 0.6) is 0 Å². The molecular weight excluding hydrogens is 250 g/mol. The number of carbonyl (C=O) groups is 2. The number of urea groups is 1. The third-order valence-electron chi connectivity index (χ3n) is 2.82. The van der Waals surface area contributed by atoms with Crippen LogP contribution in [0.1, 0.15) is 11.1 Å². The SMILES string of the molecule is Cc1ccc(/C=C2/NC(=O)N(C)C2=O)cc1[N+](=O)[O-]. The van der Waals surface area contributed by atoms with E-state index in [2.05, 4.69) is 5.32 Å². The number of imide groups is 1. The van der Waals surface area contributed by atoms with Gasteiger partial charge >= 0.3 is 6.03 Å². The van der Waals surface area contributed by atoms with Gasteiger partial charge in [-0.1, -0.05) is 12.1 Å². The molecule has 1 aromatic carbocycles. The number of likely N-dealkylation sites (N-methyl/N-ethyl adjacent to an activating group) is 1. The molecule has 98 valence electrons. The second-order valence-corrected chi connectivity index (χ2v) is 4.16. The first-order valence-corrected chi connectivity index (χ1v) is 5.46. The fraction of sp³-hybridized carbons (Fsp3) is 0.167. The normalized spacial score (nSPS) is 16.9. The van der Waals surface area contributed by atoms with E-state index >= 15 is 0 Å². The number of benzene rings is 1. The molecule has 1 aliphatic heterocycles. The zero-order valence-corrected chi connectivity index (χ0v) is 10.3. The number of hydrogen-bond acceptors (Lipinski definition) is 4. The van der Waals surface area contributed by atoms with Crippen LogP contribution in [-0.2, 0) is 4.79 Å². The van der Waals surface area contributed by atoms with E-state index in [1.807, 2.05) is 0 Å². The second-order valence-electron chi connectivity index (χ2n) is 4.16. The van der Waals surface area contributed by atoms with Crippen molar-refractivity contribution in [2.45, 2.75) is 6.92 Å². The Bertz CT molecular complexity index is 621. The van der Waals surface area contributed by atoms with Gasteiger partial charge in [0.05, 0.1) is 4.92 Å². The minimum Gasteiger partial charge on any atom is -0.303 e. The van der Waals surface area contributed by atoms with Crippen LogP contribution in [0.2, 0.25) is 0 Å². The highest BCUT2D eigenvalue weighted by atomic mass is 16.6. The molecule has 0 bridgehead atoms. The average molecular weight is 261 g/mol. The zero-order chi connectivity index (χ0) is 14.2. The van der Waals surface area contributed by atoms with Crippen molar-refractivity contribution in [3.05, 3.63) is 45.1 Å². The number of nitro groups is 1. The number of hydrogen-bond donors (Lipinski definition) is 1. The van der Waals surface area contributed by atoms with Gasteiger partial charge in [-0.15, -0.1) is 0 Å². The molecule has 19 heavy (non-hydrogen) atoms. The zero-order valence-electron chi connectivity index (χ0n) is 10.3. The minimum absolute atomic E-state index is 0.0283. The Kier molecular flexibility index (Phi) is 3.04. The summed E-state index contributed by atoms with van der Waals surface area (Å²) in [6.45, 7) is 1.63. The summed E-state index contributed by atoms with van der Waals surface area (Å²) in [5, 5.41) is 13.2. The quantitative estimate of drug-likeness (QED) is 0.377. The topological polar surface area (TPSA) is 92.6 Å². The van der Waals surface area contributed by atoms with Gasteiger partial charge in [0.1, 0.15) is 5.70 Å². The summed E-state index contributed by atoms with van der Waals surface area (Å²) in [6, 6.07) is 4.08. The highest BCUT2D eigenvalue weighted by Crippen LogP contribution is 2.21. The molecule has 1 N–H and O–H groups in total. The summed E-state index contributed by atoms with van der Waals surface area (Å²) >= 11 is 0. The van der Waals surface area contributed by atoms with E-state index < -0.39 is 16.9 Å². The molecule has 0 saturated carbocycles. The maximum Gasteiger partial charge on any atom is 0.328 e. The Hall–Kier alpha value is -2.70. The van der Waals surface area contributed by atoms with Gasteiger partial charge in [0.15, 0.2) is 0 Å². The van der Waals surface area contributed by atoms with Crippen LogP contribution in [0.4, 0.5) is 10.5 Å². The monoisotopic (exact) mass is 261 g/mol. The molecule has 0 radical (unpaired) electrons. The summed E-state index contributed by atoms with van der Waals surface area (Å²) in [7, 11) is 1.36. The molecule has 0 unspecified atom stereocenters. The first-order chi connectivity index (χ1) is 8.90. The molecule has 0 spiro atoms. The molecule has 0 atom stereocenters. The Balaban J connectivity index is 2.39. The van der Waals surface area contributed by atoms with E-state index in [9.17, 15) is 19.7 Å². The van der Waals surface area contributed by atoms with Crippen molar-refractivity contribution in [2.75, 3.05) is 7.05 Å². The van der Waals surface area contributed by atoms with Crippen LogP contribution >= 0.6 is 0 Å². The van der Waals surface area contributed by atoms with Crippen molar-refractivity contribution in [2.24, 2.45) is 0 Å². The lowest BCUT2D eigenvalue weighted by molar-refractivity contribution is -0.385. The Morgan fingerprint density at radius 1 is 1.37 bits per heavy atom. The number of rotatable bonds is 2. The molecule has 0 aromatic heterocycles. The average Bonchev–Trinajstić information content (AvgIpc) is 2.59. The summed E-state index contributed by atoms with van der Waals surface area (Å²) < 4.78 is 0. The third kappa shape index (κ3) is 2.30. The lowest BCUT2D eigenvalue weighted by Crippen LogP contribution is -2.25. The van der Waals surface area contributed by atoms with E-state index in [1.165, 1.54) is 19.2 Å². The smallest absolute Gasteiger partial charge is 0.303 e. The first kappa shape index (κ1) is 12.7. The van der Waals surface area contributed by atoms with Gasteiger partial charge in [-0.3, -0.25) is 19.8 Å². The molecule has 1 aliphatic rings. The standard InChI is InChI=1S/C12H11N3O4/c1-7-3-4-8(6-10(7)15(18)19)5-9-11(16)14(2)12(17)13-9/h3-6H,1-2H3,(H,13,17)/b9-5+. The molecule has 2 rings (SSSR count). The van der Waals surface area contributed by atoms with Gasteiger partial charge < -0.3 is 5.32 Å². The van der Waals surface area contributed by atoms with Crippen molar-refractivity contribution in [1.82, 2.24) is 10.2 Å². The van der Waals surface area contributed by atoms with Crippen LogP contribution in [-0.4, -0.2) is 28.8 Å². The van der Waals surface area contributed by atoms with E-state index in [1.54, 1.807) is 19.1 Å². The van der Waals surface area contributed by atoms with Gasteiger partial charge in [-0.25, -0.2) is 4.79 Å². The number of nitro benzene ring substituents is 1. The molecule has 1 fully saturated rings. The molecule has 1 aromatic rings. The highest BCUT2D eigenvalue weighted by molar-refractivity contribution is 6.13. The van der Waals surface area contributed by atoms with Crippen molar-refractivity contribution < 1.29 is 14.5 Å². The third-order valence-corrected chi connectivity index (χ3v) is 2.82. The Labute approximate surface area is 108 Å². The van der Waals surface area contributed by atoms with E-state index in [0.29, 0.717) is 11.1 Å². The summed E-state index contributed by atoms with van der Waals surface area (Å²) in [6.07, 6.45) is 1.41. The minimum atomic E-state index is -0.516. The van der Waals surface area contributed by atoms with E-state index in [0.717, 1.165) is 4.90 Å². The van der Waals surface area contributed by atoms with Crippen LogP contribution < -0.4 is 5.32 Å². The maximum atomic E-state index is 11.6. The maximum absolute atomic E-state index is 11.6. The van der Waals surface area contributed by atoms with Gasteiger partial charge in [0, 0.05) is 18.7 Å². The molecule has 3 amide bonds. The number of nitrogens with one attached hydrogen (secondary N) is 1. The highest BCUT2D eigenvalue weighted by Gasteiger charge is 2.30. The number of amides is 3. The van der Waals surface area contributed by atoms with Crippen LogP contribution in [0.3, 0.4) is 0 Å². The fourth-order valence-corrected chi connectivity index (χ4v) is 1.70. The van der Waals surface area contributed by atoms with Crippen molar-refractivity contribution >= 4 is 23.7 Å². The number of aryl methyl sites for hydroxylation is 1. The van der Waals surface area contributed by atoms with Crippen molar-refractivity contribution in [1.29, 1.82) is 0 Å². The Morgan fingerprint density at radius 3 is 2.58 bits per heavy atom. The van der Waals surface area contributed by atoms with Gasteiger partial charge in [-0.2, -0.15) is 0 Å². The van der Waals surface area contributed by atoms with Crippen LogP contribution in [0, 0.1) is 17.0 Å². The predicted octanol–water partition coefficient (Wildman–Crippen LogP) is 1.43. The van der Waals surface area contributed by atoms with Crippen molar-refractivity contribution in [3.63, 3.8) is 0 Å². The lowest BCUT2D eigenvalue weighted by Gasteiger charge is -2.01. The summed E-state index contributed by atoms with van der Waals surface area (Å²) in [5.41, 5.74) is 1.09. The largest absolute Gasteiger partial charge is 0.328 e. The fourth-order valence-electron chi connectivity index (χ4n) is 1.70. The number of nitrogens with zero attached hydrogens (tertiary/aromatic N) is 2. The summed E-state index contributed by atoms with van der Waals surface area (Å²) in [5.74, 6) is -0.465. The lowest BCUT2D eigenvalue weighted by atomic mass is 10.1. The van der Waals surface area contributed by atoms with Crippen LogP contribution in [0.15, 0.2) is 23.9 Å². The molecular formula is C12H11N3O4. The molecule has 1 saturated heterocycles. The van der Waals surface area contributed by atoms with E-state index in [4.69, 9.17) is 0 Å². The van der Waals surface area contributed by atoms with Gasteiger partial charge in [-0.05, 0) is 18.6 Å². The van der Waals surface area contributed by atoms with Crippen LogP contribution in [0.25, 0.3) is 6.08 Å². The molecule has 7 nitrogen and oxygen atoms in total. The predicted molar refractivity (Wildman–Crippen MR) is 67.1 cm³/mol. The van der Waals surface area contributed by atoms with Gasteiger partial charge in [0.2, 0.25) is 0 Å².